The Kier molecular flexibility index (Phi) is 6.63. The van der Waals surface area contributed by atoms with Crippen molar-refractivity contribution in [2.45, 2.75) is 19.3 Å². The van der Waals surface area contributed by atoms with Gasteiger partial charge in [-0.3, -0.25) is 0 Å². The number of fused-ring (bicyclic) bond motifs is 6. The molecule has 9 aromatic rings. The zero-order valence-corrected chi connectivity index (χ0v) is 28.8. The molecule has 0 nitrogen and oxygen atoms in total. The lowest BCUT2D eigenvalue weighted by Crippen LogP contribution is -2.14. The van der Waals surface area contributed by atoms with Gasteiger partial charge >= 0.3 is 0 Å². The molecule has 0 fully saturated rings. The molecule has 0 radical (unpaired) electrons. The molecule has 0 spiro atoms. The molecule has 0 aromatic heterocycles. The van der Waals surface area contributed by atoms with Gasteiger partial charge in [0.05, 0.1) is 0 Å². The van der Waals surface area contributed by atoms with Gasteiger partial charge in [0.1, 0.15) is 0 Å². The highest BCUT2D eigenvalue weighted by Crippen LogP contribution is 2.52. The van der Waals surface area contributed by atoms with Crippen molar-refractivity contribution in [1.82, 2.24) is 0 Å². The van der Waals surface area contributed by atoms with Gasteiger partial charge < -0.3 is 0 Å². The normalized spacial score (nSPS) is 13.1. The second-order valence-electron chi connectivity index (χ2n) is 14.4. The van der Waals surface area contributed by atoms with Crippen LogP contribution in [0.25, 0.3) is 88.0 Å². The highest BCUT2D eigenvalue weighted by Gasteiger charge is 2.35. The van der Waals surface area contributed by atoms with Gasteiger partial charge in [0.25, 0.3) is 0 Å². The molecule has 0 atom stereocenters. The Morgan fingerprint density at radius 1 is 0.275 bits per heavy atom. The summed E-state index contributed by atoms with van der Waals surface area (Å²) in [5.41, 5.74) is 15.5. The van der Waals surface area contributed by atoms with E-state index in [0.717, 1.165) is 0 Å². The SMILES string of the molecule is CC1(C)c2ccccc2-c2ccc(-c3c4ccccc4c(-c4ccc(-c5ccccc5)c5ccccc45)c4ccc(-c5ccccc5)cc34)cc21. The minimum absolute atomic E-state index is 0.0813. The predicted octanol–water partition coefficient (Wildman–Crippen LogP) is 14.1. The molecule has 0 saturated heterocycles. The van der Waals surface area contributed by atoms with E-state index >= 15 is 0 Å². The lowest BCUT2D eigenvalue weighted by atomic mass is 9.80. The molecular formula is C51H36. The summed E-state index contributed by atoms with van der Waals surface area (Å²) in [5, 5.41) is 7.62. The van der Waals surface area contributed by atoms with Crippen LogP contribution in [0.5, 0.6) is 0 Å². The van der Waals surface area contributed by atoms with Crippen molar-refractivity contribution in [3.05, 3.63) is 193 Å². The third-order valence-corrected chi connectivity index (χ3v) is 11.3. The second kappa shape index (κ2) is 11.4. The molecule has 1 aliphatic carbocycles. The first-order valence-corrected chi connectivity index (χ1v) is 17.9. The van der Waals surface area contributed by atoms with Crippen LogP contribution in [0.15, 0.2) is 182 Å². The third kappa shape index (κ3) is 4.53. The van der Waals surface area contributed by atoms with Crippen LogP contribution >= 0.6 is 0 Å². The Labute approximate surface area is 299 Å². The molecule has 240 valence electrons. The summed E-state index contributed by atoms with van der Waals surface area (Å²) >= 11 is 0. The van der Waals surface area contributed by atoms with Gasteiger partial charge in [0, 0.05) is 5.41 Å². The van der Waals surface area contributed by atoms with Gasteiger partial charge in [-0.25, -0.2) is 0 Å². The summed E-state index contributed by atoms with van der Waals surface area (Å²) in [5.74, 6) is 0. The molecule has 51 heavy (non-hydrogen) atoms. The molecule has 0 N–H and O–H groups in total. The fourth-order valence-electron chi connectivity index (χ4n) is 8.84. The zero-order valence-electron chi connectivity index (χ0n) is 28.8. The number of benzene rings is 9. The quantitative estimate of drug-likeness (QED) is 0.167. The van der Waals surface area contributed by atoms with Crippen molar-refractivity contribution in [2.24, 2.45) is 0 Å². The van der Waals surface area contributed by atoms with Crippen LogP contribution in [0.1, 0.15) is 25.0 Å². The van der Waals surface area contributed by atoms with E-state index in [1.165, 1.54) is 99.1 Å². The van der Waals surface area contributed by atoms with Gasteiger partial charge in [-0.05, 0) is 111 Å². The smallest absolute Gasteiger partial charge is 0.0159 e. The predicted molar refractivity (Wildman–Crippen MR) is 218 cm³/mol. The average Bonchev–Trinajstić information content (AvgIpc) is 3.42. The third-order valence-electron chi connectivity index (χ3n) is 11.3. The van der Waals surface area contributed by atoms with Crippen molar-refractivity contribution in [3.8, 4) is 55.6 Å². The van der Waals surface area contributed by atoms with Gasteiger partial charge in [-0.1, -0.05) is 184 Å². The maximum atomic E-state index is 2.48. The van der Waals surface area contributed by atoms with E-state index in [1.54, 1.807) is 0 Å². The van der Waals surface area contributed by atoms with Gasteiger partial charge in [-0.15, -0.1) is 0 Å². The highest BCUT2D eigenvalue weighted by molar-refractivity contribution is 6.24. The summed E-state index contributed by atoms with van der Waals surface area (Å²) in [6, 6.07) is 67.4. The summed E-state index contributed by atoms with van der Waals surface area (Å²) in [6.45, 7) is 4.75. The van der Waals surface area contributed by atoms with Crippen molar-refractivity contribution < 1.29 is 0 Å². The van der Waals surface area contributed by atoms with Crippen LogP contribution in [0, 0.1) is 0 Å². The Morgan fingerprint density at radius 3 is 1.53 bits per heavy atom. The maximum absolute atomic E-state index is 2.48. The van der Waals surface area contributed by atoms with Crippen LogP contribution in [0.2, 0.25) is 0 Å². The molecule has 0 heterocycles. The van der Waals surface area contributed by atoms with Crippen LogP contribution in [-0.2, 0) is 5.41 Å². The van der Waals surface area contributed by atoms with Crippen molar-refractivity contribution in [3.63, 3.8) is 0 Å². The minimum Gasteiger partial charge on any atom is -0.0622 e. The maximum Gasteiger partial charge on any atom is 0.0159 e. The molecule has 0 heteroatoms. The van der Waals surface area contributed by atoms with E-state index < -0.39 is 0 Å². The van der Waals surface area contributed by atoms with Crippen LogP contribution in [0.3, 0.4) is 0 Å². The second-order valence-corrected chi connectivity index (χ2v) is 14.4. The Bertz CT molecular complexity index is 2800. The van der Waals surface area contributed by atoms with Crippen molar-refractivity contribution >= 4 is 32.3 Å². The molecule has 0 bridgehead atoms. The highest BCUT2D eigenvalue weighted by atomic mass is 14.4. The lowest BCUT2D eigenvalue weighted by Gasteiger charge is -2.23. The van der Waals surface area contributed by atoms with Crippen LogP contribution in [-0.4, -0.2) is 0 Å². The summed E-state index contributed by atoms with van der Waals surface area (Å²) in [4.78, 5) is 0. The fraction of sp³-hybridized carbons (Fsp3) is 0.0588. The van der Waals surface area contributed by atoms with E-state index in [-0.39, 0.29) is 5.41 Å². The van der Waals surface area contributed by atoms with E-state index in [0.29, 0.717) is 0 Å². The fourth-order valence-corrected chi connectivity index (χ4v) is 8.84. The summed E-state index contributed by atoms with van der Waals surface area (Å²) in [6.07, 6.45) is 0. The van der Waals surface area contributed by atoms with E-state index in [1.807, 2.05) is 0 Å². The Hall–Kier alpha value is -6.24. The largest absolute Gasteiger partial charge is 0.0622 e. The number of rotatable bonds is 4. The van der Waals surface area contributed by atoms with E-state index in [4.69, 9.17) is 0 Å². The van der Waals surface area contributed by atoms with E-state index in [9.17, 15) is 0 Å². The molecule has 1 aliphatic rings. The average molecular weight is 649 g/mol. The molecule has 0 amide bonds. The monoisotopic (exact) mass is 648 g/mol. The van der Waals surface area contributed by atoms with Crippen LogP contribution < -0.4 is 0 Å². The minimum atomic E-state index is -0.0813. The molecular weight excluding hydrogens is 613 g/mol. The first kappa shape index (κ1) is 29.7. The number of hydrogen-bond acceptors (Lipinski definition) is 0. The van der Waals surface area contributed by atoms with Gasteiger partial charge in [0.2, 0.25) is 0 Å². The molecule has 0 unspecified atom stereocenters. The molecule has 9 aromatic carbocycles. The van der Waals surface area contributed by atoms with Gasteiger partial charge in [-0.2, -0.15) is 0 Å². The topological polar surface area (TPSA) is 0 Å². The van der Waals surface area contributed by atoms with Crippen molar-refractivity contribution in [1.29, 1.82) is 0 Å². The standard InChI is InChI=1S/C51H36/c1-51(2)47-24-14-13-21-40(47)41-27-26-36(32-48(41)51)49-42-22-11-12-23-43(42)50(45-28-25-35(31-46(45)49)33-15-5-3-6-16-33)44-30-29-37(34-17-7-4-8-18-34)38-19-9-10-20-39(38)44/h3-32H,1-2H3. The summed E-state index contributed by atoms with van der Waals surface area (Å²) in [7, 11) is 0. The lowest BCUT2D eigenvalue weighted by molar-refractivity contribution is 0.660. The number of hydrogen-bond donors (Lipinski definition) is 0. The molecule has 0 saturated carbocycles. The zero-order chi connectivity index (χ0) is 34.1. The Balaban J connectivity index is 1.30. The first-order valence-electron chi connectivity index (χ1n) is 17.9. The van der Waals surface area contributed by atoms with Gasteiger partial charge in [0.15, 0.2) is 0 Å². The van der Waals surface area contributed by atoms with Crippen molar-refractivity contribution in [2.75, 3.05) is 0 Å². The molecule has 10 rings (SSSR count). The summed E-state index contributed by atoms with van der Waals surface area (Å²) < 4.78 is 0. The van der Waals surface area contributed by atoms with Crippen LogP contribution in [0.4, 0.5) is 0 Å². The Morgan fingerprint density at radius 2 is 0.784 bits per heavy atom. The van der Waals surface area contributed by atoms with E-state index in [2.05, 4.69) is 196 Å². The molecule has 0 aliphatic heterocycles. The first-order chi connectivity index (χ1) is 25.1.